The molecule has 1 N–H and O–H groups in total. The average Bonchev–Trinajstić information content (AvgIpc) is 2.97. The normalized spacial score (nSPS) is 17.0. The van der Waals surface area contributed by atoms with Crippen molar-refractivity contribution in [3.05, 3.63) is 64.4 Å². The Kier molecular flexibility index (Phi) is 6.53. The summed E-state index contributed by atoms with van der Waals surface area (Å²) in [7, 11) is 0. The van der Waals surface area contributed by atoms with E-state index >= 15 is 0 Å². The van der Waals surface area contributed by atoms with E-state index in [1.54, 1.807) is 4.57 Å². The van der Waals surface area contributed by atoms with Gasteiger partial charge >= 0.3 is 0 Å². The predicted molar refractivity (Wildman–Crippen MR) is 122 cm³/mol. The van der Waals surface area contributed by atoms with Crippen LogP contribution in [0.1, 0.15) is 44.6 Å². The second-order valence-corrected chi connectivity index (χ2v) is 8.89. The number of amides is 1. The first-order valence-corrected chi connectivity index (χ1v) is 11.6. The van der Waals surface area contributed by atoms with Crippen LogP contribution in [0.3, 0.4) is 0 Å². The number of carbonyl (C=O) groups is 1. The summed E-state index contributed by atoms with van der Waals surface area (Å²) in [5.41, 5.74) is 2.61. The molecule has 6 heteroatoms. The van der Waals surface area contributed by atoms with Crippen LogP contribution < -0.4 is 10.9 Å². The van der Waals surface area contributed by atoms with E-state index in [1.165, 1.54) is 17.3 Å². The quantitative estimate of drug-likeness (QED) is 0.596. The fourth-order valence-corrected chi connectivity index (χ4v) is 4.94. The fourth-order valence-electron chi connectivity index (χ4n) is 3.76. The minimum atomic E-state index is -0.240. The molecule has 0 aliphatic carbocycles. The zero-order chi connectivity index (χ0) is 20.9. The van der Waals surface area contributed by atoms with Gasteiger partial charge in [0.25, 0.3) is 5.56 Å². The average molecular weight is 422 g/mol. The Hall–Kier alpha value is -2.60. The van der Waals surface area contributed by atoms with Gasteiger partial charge in [0.05, 0.1) is 21.8 Å². The maximum atomic E-state index is 13.4. The number of carbonyl (C=O) groups excluding carboxylic acids is 1. The van der Waals surface area contributed by atoms with E-state index < -0.39 is 0 Å². The van der Waals surface area contributed by atoms with Crippen molar-refractivity contribution in [1.82, 2.24) is 14.9 Å². The van der Waals surface area contributed by atoms with Crippen LogP contribution in [0.4, 0.5) is 0 Å². The van der Waals surface area contributed by atoms with Crippen LogP contribution in [0.5, 0.6) is 0 Å². The van der Waals surface area contributed by atoms with Crippen molar-refractivity contribution in [2.75, 3.05) is 6.54 Å². The number of hydrogen-bond acceptors (Lipinski definition) is 4. The topological polar surface area (TPSA) is 64.0 Å². The van der Waals surface area contributed by atoms with Crippen molar-refractivity contribution in [2.24, 2.45) is 0 Å². The van der Waals surface area contributed by atoms with Crippen LogP contribution in [0.2, 0.25) is 0 Å². The molecule has 0 saturated carbocycles. The summed E-state index contributed by atoms with van der Waals surface area (Å²) >= 11 is 1.39. The Balaban J connectivity index is 1.78. The first-order valence-electron chi connectivity index (χ1n) is 10.7. The van der Waals surface area contributed by atoms with Crippen molar-refractivity contribution in [3.63, 3.8) is 0 Å². The Labute approximate surface area is 180 Å². The highest BCUT2D eigenvalue weighted by atomic mass is 32.2. The van der Waals surface area contributed by atoms with E-state index in [9.17, 15) is 9.59 Å². The molecule has 2 heterocycles. The Morgan fingerprint density at radius 2 is 1.90 bits per heavy atom. The summed E-state index contributed by atoms with van der Waals surface area (Å²) in [4.78, 5) is 30.7. The van der Waals surface area contributed by atoms with Gasteiger partial charge in [-0.05, 0) is 55.5 Å². The summed E-state index contributed by atoms with van der Waals surface area (Å²) in [6.07, 6.45) is 6.09. The molecule has 156 valence electrons. The largest absolute Gasteiger partial charge is 0.355 e. The molecule has 1 aliphatic rings. The van der Waals surface area contributed by atoms with Crippen LogP contribution in [-0.2, 0) is 11.2 Å². The molecule has 0 bridgehead atoms. The molecule has 1 fully saturated rings. The summed E-state index contributed by atoms with van der Waals surface area (Å²) < 4.78 is 1.66. The van der Waals surface area contributed by atoms with E-state index in [4.69, 9.17) is 4.98 Å². The third-order valence-electron chi connectivity index (χ3n) is 5.49. The first-order chi connectivity index (χ1) is 14.7. The highest BCUT2D eigenvalue weighted by Gasteiger charge is 2.25. The maximum absolute atomic E-state index is 13.4. The van der Waals surface area contributed by atoms with E-state index in [0.717, 1.165) is 44.2 Å². The van der Waals surface area contributed by atoms with Crippen molar-refractivity contribution in [3.8, 4) is 5.69 Å². The van der Waals surface area contributed by atoms with Crippen molar-refractivity contribution in [2.45, 2.75) is 55.9 Å². The lowest BCUT2D eigenvalue weighted by Crippen LogP contribution is -2.31. The molecule has 0 radical (unpaired) electrons. The lowest BCUT2D eigenvalue weighted by Gasteiger charge is -2.17. The van der Waals surface area contributed by atoms with Gasteiger partial charge < -0.3 is 5.32 Å². The number of nitrogens with one attached hydrogen (secondary N) is 1. The number of hydrogen-bond donors (Lipinski definition) is 1. The number of aryl methyl sites for hydroxylation is 1. The highest BCUT2D eigenvalue weighted by Crippen LogP contribution is 2.29. The molecule has 3 aromatic rings. The molecule has 1 atom stereocenters. The molecule has 1 aromatic heterocycles. The lowest BCUT2D eigenvalue weighted by molar-refractivity contribution is -0.120. The van der Waals surface area contributed by atoms with Crippen molar-refractivity contribution in [1.29, 1.82) is 0 Å². The van der Waals surface area contributed by atoms with Gasteiger partial charge in [-0.1, -0.05) is 55.8 Å². The number of benzene rings is 2. The SMILES string of the molecule is CCCCc1ccc(-n2c(SC3CCCCNC3=O)nc3ccccc3c2=O)cc1. The summed E-state index contributed by atoms with van der Waals surface area (Å²) in [6, 6.07) is 15.5. The van der Waals surface area contributed by atoms with E-state index in [2.05, 4.69) is 24.4 Å². The molecule has 5 nitrogen and oxygen atoms in total. The number of rotatable bonds is 6. The van der Waals surface area contributed by atoms with Crippen LogP contribution in [0.25, 0.3) is 16.6 Å². The molecule has 1 unspecified atom stereocenters. The number of thioether (sulfide) groups is 1. The van der Waals surface area contributed by atoms with Gasteiger partial charge in [-0.3, -0.25) is 14.2 Å². The van der Waals surface area contributed by atoms with Gasteiger partial charge in [-0.2, -0.15) is 0 Å². The molecule has 0 spiro atoms. The summed E-state index contributed by atoms with van der Waals surface area (Å²) in [5.74, 6) is 0.0290. The first kappa shape index (κ1) is 20.7. The Bertz CT molecular complexity index is 1090. The predicted octanol–water partition coefficient (Wildman–Crippen LogP) is 4.49. The number of para-hydroxylation sites is 1. The number of unbranched alkanes of at least 4 members (excludes halogenated alkanes) is 1. The second-order valence-electron chi connectivity index (χ2n) is 7.72. The molecule has 2 aromatic carbocycles. The molecule has 4 rings (SSSR count). The van der Waals surface area contributed by atoms with Gasteiger partial charge in [0, 0.05) is 6.54 Å². The fraction of sp³-hybridized carbons (Fsp3) is 0.375. The maximum Gasteiger partial charge on any atom is 0.266 e. The highest BCUT2D eigenvalue weighted by molar-refractivity contribution is 8.00. The van der Waals surface area contributed by atoms with Crippen molar-refractivity contribution < 1.29 is 4.79 Å². The Morgan fingerprint density at radius 1 is 1.10 bits per heavy atom. The van der Waals surface area contributed by atoms with Crippen LogP contribution >= 0.6 is 11.8 Å². The van der Waals surface area contributed by atoms with Gasteiger partial charge in [-0.25, -0.2) is 4.98 Å². The minimum Gasteiger partial charge on any atom is -0.355 e. The summed E-state index contributed by atoms with van der Waals surface area (Å²) in [6.45, 7) is 2.90. The minimum absolute atomic E-state index is 0.0290. The number of fused-ring (bicyclic) bond motifs is 1. The number of aromatic nitrogens is 2. The van der Waals surface area contributed by atoms with Crippen LogP contribution in [-0.4, -0.2) is 27.3 Å². The van der Waals surface area contributed by atoms with Crippen molar-refractivity contribution >= 4 is 28.6 Å². The molecular formula is C24H27N3O2S. The third kappa shape index (κ3) is 4.43. The van der Waals surface area contributed by atoms with E-state index in [-0.39, 0.29) is 16.7 Å². The number of nitrogens with zero attached hydrogens (tertiary/aromatic N) is 2. The molecule has 30 heavy (non-hydrogen) atoms. The van der Waals surface area contributed by atoms with Gasteiger partial charge in [0.1, 0.15) is 0 Å². The van der Waals surface area contributed by atoms with Gasteiger partial charge in [0.15, 0.2) is 5.16 Å². The van der Waals surface area contributed by atoms with E-state index in [0.29, 0.717) is 22.6 Å². The second kappa shape index (κ2) is 9.47. The Morgan fingerprint density at radius 3 is 2.70 bits per heavy atom. The summed E-state index contributed by atoms with van der Waals surface area (Å²) in [5, 5.41) is 3.89. The zero-order valence-electron chi connectivity index (χ0n) is 17.3. The molecular weight excluding hydrogens is 394 g/mol. The van der Waals surface area contributed by atoms with Gasteiger partial charge in [0.2, 0.25) is 5.91 Å². The van der Waals surface area contributed by atoms with Crippen LogP contribution in [0.15, 0.2) is 58.5 Å². The molecule has 1 aliphatic heterocycles. The van der Waals surface area contributed by atoms with E-state index in [1.807, 2.05) is 36.4 Å². The standard InChI is InChI=1S/C24H27N3O2S/c1-2-3-8-17-12-14-18(15-13-17)27-23(29)19-9-4-5-10-20(19)26-24(27)30-21-11-6-7-16-25-22(21)28/h4-5,9-10,12-15,21H,2-3,6-8,11,16H2,1H3,(H,25,28). The lowest BCUT2D eigenvalue weighted by atomic mass is 10.1. The monoisotopic (exact) mass is 421 g/mol. The third-order valence-corrected chi connectivity index (χ3v) is 6.71. The van der Waals surface area contributed by atoms with Gasteiger partial charge in [-0.15, -0.1) is 0 Å². The smallest absolute Gasteiger partial charge is 0.266 e. The zero-order valence-corrected chi connectivity index (χ0v) is 18.1. The molecule has 1 amide bonds. The van der Waals surface area contributed by atoms with Crippen LogP contribution in [0, 0.1) is 0 Å². The molecule has 1 saturated heterocycles.